The summed E-state index contributed by atoms with van der Waals surface area (Å²) in [6.45, 7) is 4.26. The van der Waals surface area contributed by atoms with Crippen LogP contribution in [0.1, 0.15) is 33.1 Å². The number of piperidine rings is 1. The summed E-state index contributed by atoms with van der Waals surface area (Å²) in [7, 11) is 1.57. The van der Waals surface area contributed by atoms with Gasteiger partial charge in [0, 0.05) is 24.7 Å². The third kappa shape index (κ3) is 4.01. The smallest absolute Gasteiger partial charge is 0.228 e. The van der Waals surface area contributed by atoms with Gasteiger partial charge in [-0.15, -0.1) is 0 Å². The van der Waals surface area contributed by atoms with Crippen LogP contribution in [-0.4, -0.2) is 31.5 Å². The summed E-state index contributed by atoms with van der Waals surface area (Å²) in [5.41, 5.74) is 7.10. The topological polar surface area (TPSA) is 84.7 Å². The number of nitrogens with zero attached hydrogens (tertiary/aromatic N) is 1. The molecule has 0 aromatic heterocycles. The van der Waals surface area contributed by atoms with E-state index >= 15 is 0 Å². The fourth-order valence-electron chi connectivity index (χ4n) is 2.53. The van der Waals surface area contributed by atoms with E-state index in [-0.39, 0.29) is 23.8 Å². The van der Waals surface area contributed by atoms with Crippen molar-refractivity contribution in [1.29, 1.82) is 0 Å². The molecule has 3 N–H and O–H groups in total. The van der Waals surface area contributed by atoms with Crippen LogP contribution < -0.4 is 20.7 Å². The number of carbonyl (C=O) groups is 2. The lowest BCUT2D eigenvalue weighted by atomic mass is 10.0. The molecule has 0 bridgehead atoms. The van der Waals surface area contributed by atoms with Crippen LogP contribution in [0.2, 0.25) is 0 Å². The molecule has 0 spiro atoms. The molecule has 1 saturated heterocycles. The lowest BCUT2D eigenvalue weighted by Crippen LogP contribution is -2.36. The molecule has 1 heterocycles. The predicted molar refractivity (Wildman–Crippen MR) is 90.6 cm³/mol. The molecule has 2 rings (SSSR count). The van der Waals surface area contributed by atoms with Crippen molar-refractivity contribution in [3.63, 3.8) is 0 Å². The van der Waals surface area contributed by atoms with Crippen LogP contribution in [0.3, 0.4) is 0 Å². The molecule has 2 atom stereocenters. The zero-order valence-electron chi connectivity index (χ0n) is 14.0. The second-order valence-corrected chi connectivity index (χ2v) is 6.03. The Morgan fingerprint density at radius 2 is 2.09 bits per heavy atom. The number of carbonyl (C=O) groups excluding carboxylic acids is 2. The molecule has 1 fully saturated rings. The summed E-state index contributed by atoms with van der Waals surface area (Å²) in [4.78, 5) is 26.0. The molecule has 0 aliphatic carbocycles. The first-order valence-corrected chi connectivity index (χ1v) is 7.99. The van der Waals surface area contributed by atoms with Crippen molar-refractivity contribution < 1.29 is 14.3 Å². The molecule has 6 nitrogen and oxygen atoms in total. The normalized spacial score (nSPS) is 17.6. The molecule has 126 valence electrons. The van der Waals surface area contributed by atoms with Crippen LogP contribution in [-0.2, 0) is 9.59 Å². The summed E-state index contributed by atoms with van der Waals surface area (Å²) < 4.78 is 5.37. The highest BCUT2D eigenvalue weighted by molar-refractivity contribution is 5.98. The quantitative estimate of drug-likeness (QED) is 0.871. The van der Waals surface area contributed by atoms with Crippen molar-refractivity contribution in [2.75, 3.05) is 23.9 Å². The van der Waals surface area contributed by atoms with E-state index in [1.165, 1.54) is 0 Å². The number of rotatable bonds is 5. The van der Waals surface area contributed by atoms with E-state index in [2.05, 4.69) is 5.32 Å². The van der Waals surface area contributed by atoms with Crippen molar-refractivity contribution in [3.05, 3.63) is 18.2 Å². The minimum Gasteiger partial charge on any atom is -0.495 e. The van der Waals surface area contributed by atoms with E-state index in [0.29, 0.717) is 30.1 Å². The fourth-order valence-corrected chi connectivity index (χ4v) is 2.53. The zero-order chi connectivity index (χ0) is 17.0. The van der Waals surface area contributed by atoms with Gasteiger partial charge in [-0.1, -0.05) is 6.92 Å². The number of methoxy groups -OCH3 is 1. The van der Waals surface area contributed by atoms with E-state index in [9.17, 15) is 9.59 Å². The first kappa shape index (κ1) is 17.3. The van der Waals surface area contributed by atoms with Gasteiger partial charge in [-0.2, -0.15) is 0 Å². The summed E-state index contributed by atoms with van der Waals surface area (Å²) in [5, 5.41) is 2.86. The van der Waals surface area contributed by atoms with Crippen molar-refractivity contribution >= 4 is 23.2 Å². The minimum absolute atomic E-state index is 0.0852. The Balaban J connectivity index is 2.25. The van der Waals surface area contributed by atoms with Gasteiger partial charge in [-0.05, 0) is 38.0 Å². The van der Waals surface area contributed by atoms with Gasteiger partial charge in [0.2, 0.25) is 11.8 Å². The van der Waals surface area contributed by atoms with E-state index in [4.69, 9.17) is 10.5 Å². The first-order chi connectivity index (χ1) is 10.9. The van der Waals surface area contributed by atoms with Crippen molar-refractivity contribution in [1.82, 2.24) is 0 Å². The maximum absolute atomic E-state index is 12.2. The number of ether oxygens (including phenoxy) is 1. The van der Waals surface area contributed by atoms with Crippen LogP contribution in [0.15, 0.2) is 18.2 Å². The van der Waals surface area contributed by atoms with Crippen molar-refractivity contribution in [2.45, 2.75) is 39.2 Å². The summed E-state index contributed by atoms with van der Waals surface area (Å²) in [6, 6.07) is 5.09. The number of nitrogens with two attached hydrogens (primary N) is 1. The van der Waals surface area contributed by atoms with Gasteiger partial charge in [0.05, 0.1) is 18.7 Å². The highest BCUT2D eigenvalue weighted by Crippen LogP contribution is 2.33. The molecule has 23 heavy (non-hydrogen) atoms. The lowest BCUT2D eigenvalue weighted by molar-refractivity contribution is -0.120. The van der Waals surface area contributed by atoms with E-state index in [0.717, 1.165) is 12.8 Å². The van der Waals surface area contributed by atoms with E-state index in [1.54, 1.807) is 44.1 Å². The third-order valence-electron chi connectivity index (χ3n) is 4.26. The standard InChI is InChI=1S/C17H25N3O3/c1-11(12(2)18)17(22)19-13-7-8-15(23-3)14(10-13)20-9-5-4-6-16(20)21/h7-8,10-12H,4-6,9,18H2,1-3H3,(H,19,22). The number of hydrogen-bond acceptors (Lipinski definition) is 4. The highest BCUT2D eigenvalue weighted by Gasteiger charge is 2.23. The van der Waals surface area contributed by atoms with Crippen LogP contribution in [0.4, 0.5) is 11.4 Å². The van der Waals surface area contributed by atoms with E-state index in [1.807, 2.05) is 0 Å². The second-order valence-electron chi connectivity index (χ2n) is 6.03. The molecule has 0 radical (unpaired) electrons. The predicted octanol–water partition coefficient (Wildman–Crippen LogP) is 2.13. The molecule has 2 amide bonds. The van der Waals surface area contributed by atoms with Crippen LogP contribution in [0, 0.1) is 5.92 Å². The number of benzene rings is 1. The minimum atomic E-state index is -0.294. The Hall–Kier alpha value is -2.08. The molecule has 1 aromatic rings. The Morgan fingerprint density at radius 1 is 1.35 bits per heavy atom. The van der Waals surface area contributed by atoms with Gasteiger partial charge in [0.1, 0.15) is 5.75 Å². The molecular weight excluding hydrogens is 294 g/mol. The first-order valence-electron chi connectivity index (χ1n) is 7.99. The Bertz CT molecular complexity index is 586. The van der Waals surface area contributed by atoms with Gasteiger partial charge in [0.25, 0.3) is 0 Å². The molecule has 1 aliphatic heterocycles. The number of amides is 2. The number of anilines is 2. The monoisotopic (exact) mass is 319 g/mol. The molecule has 2 unspecified atom stereocenters. The summed E-state index contributed by atoms with van der Waals surface area (Å²) in [5.74, 6) is 0.277. The van der Waals surface area contributed by atoms with Crippen LogP contribution >= 0.6 is 0 Å². The van der Waals surface area contributed by atoms with E-state index < -0.39 is 0 Å². The van der Waals surface area contributed by atoms with Crippen LogP contribution in [0.25, 0.3) is 0 Å². The molecule has 1 aliphatic rings. The van der Waals surface area contributed by atoms with Gasteiger partial charge < -0.3 is 20.7 Å². The zero-order valence-corrected chi connectivity index (χ0v) is 14.0. The fraction of sp³-hybridized carbons (Fsp3) is 0.529. The molecule has 0 saturated carbocycles. The van der Waals surface area contributed by atoms with Crippen molar-refractivity contribution in [2.24, 2.45) is 11.7 Å². The van der Waals surface area contributed by atoms with Gasteiger partial charge in [0.15, 0.2) is 0 Å². The highest BCUT2D eigenvalue weighted by atomic mass is 16.5. The average molecular weight is 319 g/mol. The van der Waals surface area contributed by atoms with Crippen molar-refractivity contribution in [3.8, 4) is 5.75 Å². The lowest BCUT2D eigenvalue weighted by Gasteiger charge is -2.28. The number of hydrogen-bond donors (Lipinski definition) is 2. The van der Waals surface area contributed by atoms with Gasteiger partial charge in [-0.25, -0.2) is 0 Å². The SMILES string of the molecule is COc1ccc(NC(=O)C(C)C(C)N)cc1N1CCCCC1=O. The van der Waals surface area contributed by atoms with Gasteiger partial charge >= 0.3 is 0 Å². The Labute approximate surface area is 137 Å². The Kier molecular flexibility index (Phi) is 5.60. The molecule has 6 heteroatoms. The average Bonchev–Trinajstić information content (AvgIpc) is 2.54. The second kappa shape index (κ2) is 7.46. The maximum atomic E-state index is 12.2. The Morgan fingerprint density at radius 3 is 2.70 bits per heavy atom. The summed E-state index contributed by atoms with van der Waals surface area (Å²) in [6.07, 6.45) is 2.43. The molecule has 1 aromatic carbocycles. The molecular formula is C17H25N3O3. The van der Waals surface area contributed by atoms with Gasteiger partial charge in [-0.3, -0.25) is 9.59 Å². The largest absolute Gasteiger partial charge is 0.495 e. The summed E-state index contributed by atoms with van der Waals surface area (Å²) >= 11 is 0. The number of nitrogens with one attached hydrogen (secondary N) is 1. The maximum Gasteiger partial charge on any atom is 0.228 e. The third-order valence-corrected chi connectivity index (χ3v) is 4.26. The van der Waals surface area contributed by atoms with Crippen LogP contribution in [0.5, 0.6) is 5.75 Å².